The van der Waals surface area contributed by atoms with Gasteiger partial charge in [-0.25, -0.2) is 8.70 Å². The Morgan fingerprint density at radius 1 is 0.971 bits per heavy atom. The molecule has 1 unspecified atom stereocenters. The summed E-state index contributed by atoms with van der Waals surface area (Å²) in [4.78, 5) is 0.961. The average molecular weight is 485 g/mol. The van der Waals surface area contributed by atoms with E-state index in [1.165, 1.54) is 24.3 Å². The molecule has 3 aromatic rings. The molecule has 34 heavy (non-hydrogen) atoms. The summed E-state index contributed by atoms with van der Waals surface area (Å²) >= 11 is 1.58. The first-order valence-corrected chi connectivity index (χ1v) is 11.9. The molecule has 4 rings (SSSR count). The van der Waals surface area contributed by atoms with E-state index in [1.54, 1.807) is 36.2 Å². The van der Waals surface area contributed by atoms with Gasteiger partial charge in [-0.2, -0.15) is 18.4 Å². The third-order valence-electron chi connectivity index (χ3n) is 6.31. The van der Waals surface area contributed by atoms with Crippen molar-refractivity contribution in [3.05, 3.63) is 101 Å². The molecule has 1 aliphatic heterocycles. The first-order chi connectivity index (χ1) is 16.3. The SMILES string of the molecule is N#Cc1ccc(C(Cc2ccccc2)C2CCN(Sc3ccc(F)cc3)CC2)cc1C(F)(F)F. The molecule has 0 aromatic heterocycles. The van der Waals surface area contributed by atoms with Gasteiger partial charge in [-0.3, -0.25) is 0 Å². The number of nitrogens with zero attached hydrogens (tertiary/aromatic N) is 2. The maximum atomic E-state index is 13.6. The second kappa shape index (κ2) is 10.6. The molecule has 1 heterocycles. The molecule has 1 atom stereocenters. The Labute approximate surface area is 201 Å². The Kier molecular flexibility index (Phi) is 7.60. The Morgan fingerprint density at radius 3 is 2.26 bits per heavy atom. The summed E-state index contributed by atoms with van der Waals surface area (Å²) in [6.45, 7) is 1.58. The highest BCUT2D eigenvalue weighted by Gasteiger charge is 2.35. The summed E-state index contributed by atoms with van der Waals surface area (Å²) in [7, 11) is 0. The van der Waals surface area contributed by atoms with Gasteiger partial charge in [0.25, 0.3) is 0 Å². The van der Waals surface area contributed by atoms with Gasteiger partial charge >= 0.3 is 6.18 Å². The third kappa shape index (κ3) is 5.99. The molecule has 1 fully saturated rings. The Balaban J connectivity index is 1.55. The van der Waals surface area contributed by atoms with Crippen LogP contribution in [0.2, 0.25) is 0 Å². The van der Waals surface area contributed by atoms with Gasteiger partial charge in [0.2, 0.25) is 0 Å². The smallest absolute Gasteiger partial charge is 0.246 e. The van der Waals surface area contributed by atoms with Crippen LogP contribution in [-0.4, -0.2) is 17.4 Å². The van der Waals surface area contributed by atoms with E-state index < -0.39 is 11.7 Å². The van der Waals surface area contributed by atoms with E-state index >= 15 is 0 Å². The zero-order chi connectivity index (χ0) is 24.1. The number of benzene rings is 3. The predicted octanol–water partition coefficient (Wildman–Crippen LogP) is 7.46. The summed E-state index contributed by atoms with van der Waals surface area (Å²) in [5.41, 5.74) is 0.489. The number of hydrogen-bond donors (Lipinski definition) is 0. The molecule has 176 valence electrons. The highest BCUT2D eigenvalue weighted by atomic mass is 32.2. The monoisotopic (exact) mass is 484 g/mol. The molecular formula is C27H24F4N2S. The van der Waals surface area contributed by atoms with E-state index in [9.17, 15) is 22.8 Å². The normalized spacial score (nSPS) is 16.2. The summed E-state index contributed by atoms with van der Waals surface area (Å²) in [5.74, 6) is -0.152. The largest absolute Gasteiger partial charge is 0.417 e. The first kappa shape index (κ1) is 24.3. The summed E-state index contributed by atoms with van der Waals surface area (Å²) in [5, 5.41) is 9.18. The summed E-state index contributed by atoms with van der Waals surface area (Å²) in [6.07, 6.45) is -2.26. The fourth-order valence-electron chi connectivity index (χ4n) is 4.56. The van der Waals surface area contributed by atoms with Gasteiger partial charge < -0.3 is 0 Å². The van der Waals surface area contributed by atoms with Crippen molar-refractivity contribution >= 4 is 11.9 Å². The second-order valence-corrected chi connectivity index (χ2v) is 9.69. The number of rotatable bonds is 6. The minimum atomic E-state index is -4.58. The quantitative estimate of drug-likeness (QED) is 0.268. The van der Waals surface area contributed by atoms with Crippen molar-refractivity contribution < 1.29 is 17.6 Å². The molecule has 3 aromatic carbocycles. The molecule has 0 amide bonds. The molecule has 0 radical (unpaired) electrons. The lowest BCUT2D eigenvalue weighted by Gasteiger charge is -2.36. The molecule has 0 aliphatic carbocycles. The van der Waals surface area contributed by atoms with Crippen LogP contribution in [0.5, 0.6) is 0 Å². The molecule has 2 nitrogen and oxygen atoms in total. The van der Waals surface area contributed by atoms with Crippen molar-refractivity contribution in [1.29, 1.82) is 5.26 Å². The summed E-state index contributed by atoms with van der Waals surface area (Å²) in [6, 6.07) is 22.0. The topological polar surface area (TPSA) is 27.0 Å². The van der Waals surface area contributed by atoms with E-state index in [-0.39, 0.29) is 23.2 Å². The Bertz CT molecular complexity index is 1130. The number of halogens is 4. The molecule has 0 N–H and O–H groups in total. The van der Waals surface area contributed by atoms with Crippen molar-refractivity contribution in [3.63, 3.8) is 0 Å². The maximum absolute atomic E-state index is 13.6. The zero-order valence-electron chi connectivity index (χ0n) is 18.4. The standard InChI is InChI=1S/C27H24F4N2S/c28-23-8-10-24(11-9-23)34-33-14-12-20(13-15-33)25(16-19-4-2-1-3-5-19)21-6-7-22(18-32)26(17-21)27(29,30)31/h1-11,17,20,25H,12-16H2. The molecule has 1 aliphatic rings. The van der Waals surface area contributed by atoms with Crippen LogP contribution in [-0.2, 0) is 12.6 Å². The van der Waals surface area contributed by atoms with Crippen LogP contribution >= 0.6 is 11.9 Å². The van der Waals surface area contributed by atoms with E-state index in [0.717, 1.165) is 36.4 Å². The van der Waals surface area contributed by atoms with Gasteiger partial charge in [-0.1, -0.05) is 36.4 Å². The van der Waals surface area contributed by atoms with Crippen LogP contribution in [0.3, 0.4) is 0 Å². The van der Waals surface area contributed by atoms with E-state index in [4.69, 9.17) is 0 Å². The van der Waals surface area contributed by atoms with Crippen LogP contribution in [0.4, 0.5) is 17.6 Å². The number of piperidine rings is 1. The zero-order valence-corrected chi connectivity index (χ0v) is 19.2. The van der Waals surface area contributed by atoms with Gasteiger partial charge in [0.05, 0.1) is 17.2 Å². The summed E-state index contributed by atoms with van der Waals surface area (Å²) < 4.78 is 56.4. The molecule has 1 saturated heterocycles. The highest BCUT2D eigenvalue weighted by molar-refractivity contribution is 7.97. The van der Waals surface area contributed by atoms with Crippen LogP contribution in [0.15, 0.2) is 77.7 Å². The molecule has 0 bridgehead atoms. The minimum absolute atomic E-state index is 0.0887. The molecule has 0 saturated carbocycles. The fourth-order valence-corrected chi connectivity index (χ4v) is 5.51. The first-order valence-electron chi connectivity index (χ1n) is 11.2. The fraction of sp³-hybridized carbons (Fsp3) is 0.296. The van der Waals surface area contributed by atoms with Gasteiger partial charge in [0.1, 0.15) is 5.82 Å². The van der Waals surface area contributed by atoms with Crippen molar-refractivity contribution in [2.24, 2.45) is 5.92 Å². The average Bonchev–Trinajstić information content (AvgIpc) is 2.84. The van der Waals surface area contributed by atoms with Crippen molar-refractivity contribution in [2.75, 3.05) is 13.1 Å². The number of alkyl halides is 3. The van der Waals surface area contributed by atoms with Crippen LogP contribution in [0, 0.1) is 23.1 Å². The van der Waals surface area contributed by atoms with E-state index in [1.807, 2.05) is 30.3 Å². The van der Waals surface area contributed by atoms with Crippen molar-refractivity contribution in [2.45, 2.75) is 36.3 Å². The van der Waals surface area contributed by atoms with Gasteiger partial charge in [-0.05, 0) is 90.6 Å². The van der Waals surface area contributed by atoms with Crippen molar-refractivity contribution in [3.8, 4) is 6.07 Å². The minimum Gasteiger partial charge on any atom is -0.246 e. The lowest BCUT2D eigenvalue weighted by molar-refractivity contribution is -0.137. The molecule has 7 heteroatoms. The van der Waals surface area contributed by atoms with Crippen LogP contribution < -0.4 is 0 Å². The highest BCUT2D eigenvalue weighted by Crippen LogP contribution is 2.40. The van der Waals surface area contributed by atoms with Gasteiger partial charge in [-0.15, -0.1) is 0 Å². The Hall–Kier alpha value is -2.82. The number of nitriles is 1. The molecular weight excluding hydrogens is 460 g/mol. The van der Waals surface area contributed by atoms with E-state index in [0.29, 0.717) is 12.0 Å². The Morgan fingerprint density at radius 2 is 1.65 bits per heavy atom. The van der Waals surface area contributed by atoms with E-state index in [2.05, 4.69) is 4.31 Å². The third-order valence-corrected chi connectivity index (χ3v) is 7.42. The second-order valence-electron chi connectivity index (χ2n) is 8.52. The van der Waals surface area contributed by atoms with Crippen LogP contribution in [0.25, 0.3) is 0 Å². The number of hydrogen-bond acceptors (Lipinski definition) is 3. The van der Waals surface area contributed by atoms with Gasteiger partial charge in [0, 0.05) is 18.0 Å². The maximum Gasteiger partial charge on any atom is 0.417 e. The lowest BCUT2D eigenvalue weighted by Crippen LogP contribution is -2.32. The van der Waals surface area contributed by atoms with Crippen LogP contribution in [0.1, 0.15) is 41.0 Å². The van der Waals surface area contributed by atoms with Crippen molar-refractivity contribution in [1.82, 2.24) is 4.31 Å². The lowest BCUT2D eigenvalue weighted by atomic mass is 9.76. The predicted molar refractivity (Wildman–Crippen MR) is 126 cm³/mol. The molecule has 0 spiro atoms. The van der Waals surface area contributed by atoms with Gasteiger partial charge in [0.15, 0.2) is 0 Å².